The molecule has 4 nitrogen and oxygen atoms in total. The maximum absolute atomic E-state index is 13.0. The van der Waals surface area contributed by atoms with E-state index < -0.39 is 5.41 Å². The van der Waals surface area contributed by atoms with Crippen LogP contribution in [0.5, 0.6) is 5.75 Å². The molecule has 1 amide bonds. The number of benzene rings is 2. The van der Waals surface area contributed by atoms with Gasteiger partial charge in [0.15, 0.2) is 0 Å². The van der Waals surface area contributed by atoms with Crippen molar-refractivity contribution in [2.24, 2.45) is 5.41 Å². The molecule has 1 N–H and O–H groups in total. The van der Waals surface area contributed by atoms with Gasteiger partial charge in [0.05, 0.1) is 23.9 Å². The minimum atomic E-state index is -0.803. The average molecular weight is 308 g/mol. The quantitative estimate of drug-likeness (QED) is 0.879. The first-order valence-electron chi connectivity index (χ1n) is 7.67. The summed E-state index contributed by atoms with van der Waals surface area (Å²) in [7, 11) is 1.60. The number of para-hydroxylation sites is 2. The van der Waals surface area contributed by atoms with Crippen LogP contribution in [0.2, 0.25) is 0 Å². The number of nitrogens with one attached hydrogen (secondary N) is 1. The van der Waals surface area contributed by atoms with Crippen LogP contribution in [0.4, 0.5) is 5.69 Å². The van der Waals surface area contributed by atoms with E-state index in [2.05, 4.69) is 0 Å². The Balaban J connectivity index is 1.93. The molecule has 1 aliphatic rings. The van der Waals surface area contributed by atoms with Gasteiger partial charge in [0.1, 0.15) is 5.75 Å². The summed E-state index contributed by atoms with van der Waals surface area (Å²) >= 11 is 0. The lowest BCUT2D eigenvalue weighted by atomic mass is 9.80. The van der Waals surface area contributed by atoms with E-state index in [4.69, 9.17) is 10.1 Å². The van der Waals surface area contributed by atoms with Gasteiger partial charge in [-0.25, -0.2) is 0 Å². The van der Waals surface area contributed by atoms with Crippen LogP contribution in [-0.4, -0.2) is 25.3 Å². The lowest BCUT2D eigenvalue weighted by Gasteiger charge is -2.25. The van der Waals surface area contributed by atoms with Crippen molar-refractivity contribution >= 4 is 17.3 Å². The van der Waals surface area contributed by atoms with Crippen LogP contribution >= 0.6 is 0 Å². The van der Waals surface area contributed by atoms with Gasteiger partial charge < -0.3 is 15.0 Å². The fourth-order valence-electron chi connectivity index (χ4n) is 3.08. The van der Waals surface area contributed by atoms with Gasteiger partial charge in [0.25, 0.3) is 0 Å². The predicted octanol–water partition coefficient (Wildman–Crippen LogP) is 3.51. The maximum atomic E-state index is 13.0. The van der Waals surface area contributed by atoms with Crippen LogP contribution in [0.3, 0.4) is 0 Å². The summed E-state index contributed by atoms with van der Waals surface area (Å²) in [5, 5.41) is 8.53. The smallest absolute Gasteiger partial charge is 0.239 e. The summed E-state index contributed by atoms with van der Waals surface area (Å²) in [6, 6.07) is 17.0. The first-order chi connectivity index (χ1) is 11.1. The van der Waals surface area contributed by atoms with E-state index in [9.17, 15) is 4.79 Å². The second-order valence-electron chi connectivity index (χ2n) is 5.95. The molecule has 23 heavy (non-hydrogen) atoms. The molecule has 0 saturated carbocycles. The van der Waals surface area contributed by atoms with Crippen molar-refractivity contribution in [3.8, 4) is 5.75 Å². The highest BCUT2D eigenvalue weighted by Gasteiger charge is 2.47. The third kappa shape index (κ3) is 2.50. The third-order valence-electron chi connectivity index (χ3n) is 4.54. The second kappa shape index (κ2) is 5.88. The summed E-state index contributed by atoms with van der Waals surface area (Å²) in [6.45, 7) is 2.45. The second-order valence-corrected chi connectivity index (χ2v) is 5.95. The zero-order valence-corrected chi connectivity index (χ0v) is 13.4. The molecule has 0 bridgehead atoms. The van der Waals surface area contributed by atoms with Gasteiger partial charge in [0.2, 0.25) is 5.91 Å². The summed E-state index contributed by atoms with van der Waals surface area (Å²) in [5.41, 5.74) is 1.14. The van der Waals surface area contributed by atoms with Gasteiger partial charge in [-0.3, -0.25) is 4.79 Å². The Morgan fingerprint density at radius 1 is 1.13 bits per heavy atom. The molecule has 0 spiro atoms. The van der Waals surface area contributed by atoms with Crippen LogP contribution < -0.4 is 9.64 Å². The SMILES string of the molecule is COc1ccccc1N1CC[C@@](C)(C(=N)c2ccccc2)C1=O. The molecule has 1 aliphatic heterocycles. The Hall–Kier alpha value is -2.62. The minimum absolute atomic E-state index is 0.0455. The molecule has 118 valence electrons. The Morgan fingerprint density at radius 3 is 2.48 bits per heavy atom. The van der Waals surface area contributed by atoms with Crippen LogP contribution in [0.15, 0.2) is 54.6 Å². The zero-order chi connectivity index (χ0) is 16.4. The number of amides is 1. The van der Waals surface area contributed by atoms with Gasteiger partial charge in [-0.1, -0.05) is 42.5 Å². The van der Waals surface area contributed by atoms with Gasteiger partial charge in [-0.2, -0.15) is 0 Å². The molecule has 0 aliphatic carbocycles. The summed E-state index contributed by atoms with van der Waals surface area (Å²) < 4.78 is 5.37. The first kappa shape index (κ1) is 15.3. The van der Waals surface area contributed by atoms with Gasteiger partial charge in [-0.15, -0.1) is 0 Å². The van der Waals surface area contributed by atoms with Crippen molar-refractivity contribution < 1.29 is 9.53 Å². The average Bonchev–Trinajstić information content (AvgIpc) is 2.91. The van der Waals surface area contributed by atoms with Gasteiger partial charge >= 0.3 is 0 Å². The molecule has 0 radical (unpaired) electrons. The number of rotatable bonds is 4. The van der Waals surface area contributed by atoms with E-state index in [1.807, 2.05) is 61.5 Å². The van der Waals surface area contributed by atoms with E-state index in [0.717, 1.165) is 11.3 Å². The maximum Gasteiger partial charge on any atom is 0.239 e. The van der Waals surface area contributed by atoms with Crippen LogP contribution in [0.25, 0.3) is 0 Å². The highest BCUT2D eigenvalue weighted by atomic mass is 16.5. The zero-order valence-electron chi connectivity index (χ0n) is 13.4. The number of methoxy groups -OCH3 is 1. The summed E-state index contributed by atoms with van der Waals surface area (Å²) in [5.74, 6) is 0.632. The number of anilines is 1. The number of hydrogen-bond acceptors (Lipinski definition) is 3. The van der Waals surface area contributed by atoms with Crippen molar-refractivity contribution in [3.63, 3.8) is 0 Å². The lowest BCUT2D eigenvalue weighted by Crippen LogP contribution is -2.38. The summed E-state index contributed by atoms with van der Waals surface area (Å²) in [4.78, 5) is 14.8. The number of nitrogens with zero attached hydrogens (tertiary/aromatic N) is 1. The molecular weight excluding hydrogens is 288 g/mol. The van der Waals surface area contributed by atoms with Crippen molar-refractivity contribution in [1.82, 2.24) is 0 Å². The van der Waals surface area contributed by atoms with Gasteiger partial charge in [0, 0.05) is 6.54 Å². The fourth-order valence-corrected chi connectivity index (χ4v) is 3.08. The Kier molecular flexibility index (Phi) is 3.90. The van der Waals surface area contributed by atoms with Gasteiger partial charge in [-0.05, 0) is 31.0 Å². The van der Waals surface area contributed by atoms with E-state index in [1.165, 1.54) is 0 Å². The van der Waals surface area contributed by atoms with Crippen molar-refractivity contribution in [2.45, 2.75) is 13.3 Å². The number of carbonyl (C=O) groups excluding carboxylic acids is 1. The lowest BCUT2D eigenvalue weighted by molar-refractivity contribution is -0.121. The van der Waals surface area contributed by atoms with E-state index in [0.29, 0.717) is 24.4 Å². The molecule has 3 rings (SSSR count). The van der Waals surface area contributed by atoms with Crippen LogP contribution in [-0.2, 0) is 4.79 Å². The molecule has 1 atom stereocenters. The molecule has 1 saturated heterocycles. The highest BCUT2D eigenvalue weighted by molar-refractivity contribution is 6.20. The highest BCUT2D eigenvalue weighted by Crippen LogP contribution is 2.40. The van der Waals surface area contributed by atoms with Crippen LogP contribution in [0, 0.1) is 10.8 Å². The summed E-state index contributed by atoms with van der Waals surface area (Å²) in [6.07, 6.45) is 0.623. The Labute approximate surface area is 136 Å². The molecule has 1 heterocycles. The van der Waals surface area contributed by atoms with Crippen molar-refractivity contribution in [1.29, 1.82) is 5.41 Å². The predicted molar refractivity (Wildman–Crippen MR) is 91.3 cm³/mol. The van der Waals surface area contributed by atoms with E-state index in [-0.39, 0.29) is 5.91 Å². The minimum Gasteiger partial charge on any atom is -0.495 e. The number of hydrogen-bond donors (Lipinski definition) is 1. The topological polar surface area (TPSA) is 53.4 Å². The normalized spacial score (nSPS) is 20.6. The molecule has 2 aromatic carbocycles. The molecule has 0 unspecified atom stereocenters. The number of ether oxygens (including phenoxy) is 1. The third-order valence-corrected chi connectivity index (χ3v) is 4.54. The standard InChI is InChI=1S/C19H20N2O2/c1-19(17(20)14-8-4-3-5-9-14)12-13-21(18(19)22)15-10-6-7-11-16(15)23-2/h3-11,20H,12-13H2,1-2H3/t19-/m0/s1. The number of carbonyl (C=O) groups is 1. The fraction of sp³-hybridized carbons (Fsp3) is 0.263. The Bertz CT molecular complexity index is 742. The molecule has 2 aromatic rings. The molecular formula is C19H20N2O2. The van der Waals surface area contributed by atoms with Crippen LogP contribution in [0.1, 0.15) is 18.9 Å². The Morgan fingerprint density at radius 2 is 1.78 bits per heavy atom. The van der Waals surface area contributed by atoms with Crippen molar-refractivity contribution in [3.05, 3.63) is 60.2 Å². The first-order valence-corrected chi connectivity index (χ1v) is 7.67. The van der Waals surface area contributed by atoms with Crippen molar-refractivity contribution in [2.75, 3.05) is 18.6 Å². The molecule has 4 heteroatoms. The largest absolute Gasteiger partial charge is 0.495 e. The van der Waals surface area contributed by atoms with E-state index in [1.54, 1.807) is 12.0 Å². The monoisotopic (exact) mass is 308 g/mol. The molecule has 1 fully saturated rings. The molecule has 0 aromatic heterocycles. The van der Waals surface area contributed by atoms with E-state index >= 15 is 0 Å².